The standard InChI is InChI=1S/C16H17N5O2S/c1-10(2)13-9-24-15(17-13)23-8-12-11(3)6-5-7-14(12)21-16(22)20(4)18-19-21/h5-7,9H,1,8H2,2-4H3. The van der Waals surface area contributed by atoms with E-state index in [1.54, 1.807) is 7.05 Å². The van der Waals surface area contributed by atoms with Gasteiger partial charge in [-0.15, -0.1) is 0 Å². The zero-order valence-corrected chi connectivity index (χ0v) is 14.5. The maximum atomic E-state index is 12.1. The molecule has 124 valence electrons. The lowest BCUT2D eigenvalue weighted by Gasteiger charge is -2.11. The third-order valence-corrected chi connectivity index (χ3v) is 4.35. The molecule has 0 atom stereocenters. The Hall–Kier alpha value is -2.74. The average Bonchev–Trinajstić information content (AvgIpc) is 3.14. The molecule has 1 aromatic carbocycles. The lowest BCUT2D eigenvalue weighted by molar-refractivity contribution is 0.303. The van der Waals surface area contributed by atoms with Gasteiger partial charge in [0.15, 0.2) is 0 Å². The maximum absolute atomic E-state index is 12.1. The molecular formula is C16H17N5O2S. The quantitative estimate of drug-likeness (QED) is 0.711. The second kappa shape index (κ2) is 6.40. The molecule has 3 rings (SSSR count). The summed E-state index contributed by atoms with van der Waals surface area (Å²) in [6.07, 6.45) is 0. The van der Waals surface area contributed by atoms with Gasteiger partial charge in [0.2, 0.25) is 0 Å². The van der Waals surface area contributed by atoms with Crippen LogP contribution in [0, 0.1) is 6.92 Å². The van der Waals surface area contributed by atoms with E-state index in [2.05, 4.69) is 22.0 Å². The molecule has 0 aliphatic rings. The molecular weight excluding hydrogens is 326 g/mol. The molecule has 0 N–H and O–H groups in total. The molecule has 2 heterocycles. The SMILES string of the molecule is C=C(C)c1csc(OCc2c(C)cccc2-n2nnn(C)c2=O)n1. The fraction of sp³-hybridized carbons (Fsp3) is 0.250. The van der Waals surface area contributed by atoms with E-state index in [4.69, 9.17) is 4.74 Å². The fourth-order valence-corrected chi connectivity index (χ4v) is 2.94. The molecule has 24 heavy (non-hydrogen) atoms. The zero-order valence-electron chi connectivity index (χ0n) is 13.7. The van der Waals surface area contributed by atoms with Gasteiger partial charge >= 0.3 is 5.69 Å². The molecule has 0 bridgehead atoms. The summed E-state index contributed by atoms with van der Waals surface area (Å²) in [4.78, 5) is 16.5. The van der Waals surface area contributed by atoms with E-state index in [1.165, 1.54) is 20.7 Å². The van der Waals surface area contributed by atoms with Crippen LogP contribution in [-0.2, 0) is 13.7 Å². The molecule has 0 saturated carbocycles. The topological polar surface area (TPSA) is 74.8 Å². The number of rotatable bonds is 5. The number of hydrogen-bond acceptors (Lipinski definition) is 6. The molecule has 0 spiro atoms. The zero-order chi connectivity index (χ0) is 17.3. The third-order valence-electron chi connectivity index (χ3n) is 3.60. The molecule has 0 aliphatic carbocycles. The summed E-state index contributed by atoms with van der Waals surface area (Å²) in [7, 11) is 1.56. The van der Waals surface area contributed by atoms with E-state index < -0.39 is 0 Å². The minimum atomic E-state index is -0.305. The smallest absolute Gasteiger partial charge is 0.368 e. The number of allylic oxidation sites excluding steroid dienone is 1. The first-order chi connectivity index (χ1) is 11.5. The molecule has 0 unspecified atom stereocenters. The van der Waals surface area contributed by atoms with E-state index >= 15 is 0 Å². The Bertz CT molecular complexity index is 954. The van der Waals surface area contributed by atoms with Crippen molar-refractivity contribution in [1.29, 1.82) is 0 Å². The van der Waals surface area contributed by atoms with Crippen molar-refractivity contribution in [3.8, 4) is 10.9 Å². The summed E-state index contributed by atoms with van der Waals surface area (Å²) in [5, 5.41) is 10.1. The van der Waals surface area contributed by atoms with Gasteiger partial charge in [0.25, 0.3) is 5.19 Å². The number of ether oxygens (including phenoxy) is 1. The van der Waals surface area contributed by atoms with Crippen molar-refractivity contribution in [2.75, 3.05) is 0 Å². The van der Waals surface area contributed by atoms with Gasteiger partial charge in [0.1, 0.15) is 6.61 Å². The maximum Gasteiger partial charge on any atom is 0.368 e. The van der Waals surface area contributed by atoms with Crippen molar-refractivity contribution in [3.63, 3.8) is 0 Å². The molecule has 0 fully saturated rings. The first-order valence-corrected chi connectivity index (χ1v) is 8.17. The Morgan fingerprint density at radius 3 is 2.79 bits per heavy atom. The van der Waals surface area contributed by atoms with Crippen LogP contribution in [0.2, 0.25) is 0 Å². The monoisotopic (exact) mass is 343 g/mol. The Labute approximate surface area is 142 Å². The van der Waals surface area contributed by atoms with Gasteiger partial charge in [-0.25, -0.2) is 9.78 Å². The normalized spacial score (nSPS) is 10.8. The summed E-state index contributed by atoms with van der Waals surface area (Å²) in [5.41, 5.74) is 3.94. The second-order valence-corrected chi connectivity index (χ2v) is 6.26. The van der Waals surface area contributed by atoms with Crippen molar-refractivity contribution in [3.05, 3.63) is 57.5 Å². The van der Waals surface area contributed by atoms with Crippen LogP contribution in [0.1, 0.15) is 23.7 Å². The van der Waals surface area contributed by atoms with Crippen LogP contribution >= 0.6 is 11.3 Å². The second-order valence-electron chi connectivity index (χ2n) is 5.44. The molecule has 3 aromatic rings. The lowest BCUT2D eigenvalue weighted by atomic mass is 10.1. The van der Waals surface area contributed by atoms with E-state index in [1.807, 2.05) is 37.4 Å². The van der Waals surface area contributed by atoms with Crippen LogP contribution in [0.4, 0.5) is 0 Å². The highest BCUT2D eigenvalue weighted by molar-refractivity contribution is 7.11. The van der Waals surface area contributed by atoms with Crippen molar-refractivity contribution >= 4 is 16.9 Å². The predicted octanol–water partition coefficient (Wildman–Crippen LogP) is 2.34. The van der Waals surface area contributed by atoms with Crippen molar-refractivity contribution in [1.82, 2.24) is 24.8 Å². The van der Waals surface area contributed by atoms with Crippen molar-refractivity contribution < 1.29 is 4.74 Å². The largest absolute Gasteiger partial charge is 0.465 e. The highest BCUT2D eigenvalue weighted by Crippen LogP contribution is 2.25. The van der Waals surface area contributed by atoms with E-state index in [0.29, 0.717) is 10.9 Å². The summed E-state index contributed by atoms with van der Waals surface area (Å²) < 4.78 is 8.27. The highest BCUT2D eigenvalue weighted by Gasteiger charge is 2.14. The molecule has 2 aromatic heterocycles. The molecule has 7 nitrogen and oxygen atoms in total. The summed E-state index contributed by atoms with van der Waals surface area (Å²) >= 11 is 1.42. The van der Waals surface area contributed by atoms with Crippen LogP contribution < -0.4 is 10.4 Å². The van der Waals surface area contributed by atoms with E-state index in [0.717, 1.165) is 22.4 Å². The molecule has 8 heteroatoms. The van der Waals surface area contributed by atoms with Crippen molar-refractivity contribution in [2.24, 2.45) is 7.05 Å². The van der Waals surface area contributed by atoms with Gasteiger partial charge in [-0.05, 0) is 41.5 Å². The van der Waals surface area contributed by atoms with Gasteiger partial charge in [-0.2, -0.15) is 9.36 Å². The third kappa shape index (κ3) is 3.00. The Morgan fingerprint density at radius 2 is 2.17 bits per heavy atom. The van der Waals surface area contributed by atoms with Crippen molar-refractivity contribution in [2.45, 2.75) is 20.5 Å². The number of aryl methyl sites for hydroxylation is 2. The summed E-state index contributed by atoms with van der Waals surface area (Å²) in [6.45, 7) is 8.02. The van der Waals surface area contributed by atoms with Gasteiger partial charge < -0.3 is 4.74 Å². The highest BCUT2D eigenvalue weighted by atomic mass is 32.1. The van der Waals surface area contributed by atoms with Crippen LogP contribution in [-0.4, -0.2) is 24.8 Å². The van der Waals surface area contributed by atoms with Gasteiger partial charge in [-0.1, -0.05) is 30.0 Å². The average molecular weight is 343 g/mol. The summed E-state index contributed by atoms with van der Waals surface area (Å²) in [5.74, 6) is 0. The molecule has 0 radical (unpaired) electrons. The number of nitrogens with zero attached hydrogens (tertiary/aromatic N) is 5. The molecule has 0 aliphatic heterocycles. The molecule has 0 saturated heterocycles. The number of tetrazole rings is 1. The first-order valence-electron chi connectivity index (χ1n) is 7.29. The minimum Gasteiger partial charge on any atom is -0.465 e. The molecule has 0 amide bonds. The minimum absolute atomic E-state index is 0.286. The predicted molar refractivity (Wildman–Crippen MR) is 92.5 cm³/mol. The Balaban J connectivity index is 1.91. The van der Waals surface area contributed by atoms with Gasteiger partial charge in [0, 0.05) is 18.0 Å². The number of aromatic nitrogens is 5. The summed E-state index contributed by atoms with van der Waals surface area (Å²) in [6, 6.07) is 5.66. The van der Waals surface area contributed by atoms with Gasteiger partial charge in [0.05, 0.1) is 11.4 Å². The number of thiazole rings is 1. The van der Waals surface area contributed by atoms with E-state index in [9.17, 15) is 4.79 Å². The Kier molecular flexibility index (Phi) is 4.30. The van der Waals surface area contributed by atoms with Crippen LogP contribution in [0.15, 0.2) is 35.0 Å². The Morgan fingerprint density at radius 1 is 1.38 bits per heavy atom. The number of benzene rings is 1. The lowest BCUT2D eigenvalue weighted by Crippen LogP contribution is -2.23. The van der Waals surface area contributed by atoms with Crippen LogP contribution in [0.25, 0.3) is 11.3 Å². The first kappa shape index (κ1) is 16.1. The van der Waals surface area contributed by atoms with Gasteiger partial charge in [-0.3, -0.25) is 0 Å². The van der Waals surface area contributed by atoms with E-state index in [-0.39, 0.29) is 12.3 Å². The fourth-order valence-electron chi connectivity index (χ4n) is 2.19. The van der Waals surface area contributed by atoms with Crippen LogP contribution in [0.5, 0.6) is 5.19 Å². The number of hydrogen-bond donors (Lipinski definition) is 0. The van der Waals surface area contributed by atoms with Crippen LogP contribution in [0.3, 0.4) is 0 Å².